The lowest BCUT2D eigenvalue weighted by molar-refractivity contribution is -0.384. The van der Waals surface area contributed by atoms with Crippen molar-refractivity contribution in [3.8, 4) is 0 Å². The molecule has 5 nitrogen and oxygen atoms in total. The predicted octanol–water partition coefficient (Wildman–Crippen LogP) is 4.15. The molecule has 0 bridgehead atoms. The van der Waals surface area contributed by atoms with Crippen LogP contribution in [0.25, 0.3) is 16.6 Å². The Kier molecular flexibility index (Phi) is 3.54. The van der Waals surface area contributed by atoms with Gasteiger partial charge in [-0.05, 0) is 30.0 Å². The fourth-order valence-electron chi connectivity index (χ4n) is 3.26. The Bertz CT molecular complexity index is 942. The molecule has 1 aliphatic rings. The Balaban J connectivity index is 1.67. The Morgan fingerprint density at radius 2 is 2.00 bits per heavy atom. The monoisotopic (exact) mass is 319 g/mol. The number of aromatic amines is 1. The van der Waals surface area contributed by atoms with Crippen LogP contribution in [0.4, 0.5) is 5.69 Å². The summed E-state index contributed by atoms with van der Waals surface area (Å²) >= 11 is 0. The summed E-state index contributed by atoms with van der Waals surface area (Å²) in [5, 5.41) is 15.5. The molecule has 0 spiro atoms. The van der Waals surface area contributed by atoms with Crippen LogP contribution < -0.4 is 5.32 Å². The highest BCUT2D eigenvalue weighted by molar-refractivity contribution is 5.91. The molecule has 0 unspecified atom stereocenters. The first-order valence-corrected chi connectivity index (χ1v) is 8.00. The first-order chi connectivity index (χ1) is 11.7. The Morgan fingerprint density at radius 1 is 1.17 bits per heavy atom. The first-order valence-electron chi connectivity index (χ1n) is 8.00. The van der Waals surface area contributed by atoms with Crippen molar-refractivity contribution in [1.82, 2.24) is 10.3 Å². The van der Waals surface area contributed by atoms with Gasteiger partial charge >= 0.3 is 0 Å². The second-order valence-electron chi connectivity index (χ2n) is 5.96. The summed E-state index contributed by atoms with van der Waals surface area (Å²) in [4.78, 5) is 14.1. The average Bonchev–Trinajstić information content (AvgIpc) is 2.99. The largest absolute Gasteiger partial charge is 0.380 e. The molecule has 1 aliphatic carbocycles. The Morgan fingerprint density at radius 3 is 2.79 bits per heavy atom. The van der Waals surface area contributed by atoms with Gasteiger partial charge in [-0.25, -0.2) is 0 Å². The number of hydrogen-bond donors (Lipinski definition) is 2. The van der Waals surface area contributed by atoms with Gasteiger partial charge in [-0.3, -0.25) is 10.1 Å². The quantitative estimate of drug-likeness (QED) is 0.560. The van der Waals surface area contributed by atoms with Gasteiger partial charge in [0.1, 0.15) is 0 Å². The number of nitrogens with zero attached hydrogens (tertiary/aromatic N) is 1. The van der Waals surface area contributed by atoms with Crippen molar-refractivity contribution in [1.29, 1.82) is 0 Å². The maximum Gasteiger partial charge on any atom is 0.270 e. The number of aromatic nitrogens is 1. The number of fused-ring (bicyclic) bond motifs is 3. The van der Waals surface area contributed by atoms with E-state index in [2.05, 4.69) is 28.5 Å². The van der Waals surface area contributed by atoms with Gasteiger partial charge < -0.3 is 10.3 Å². The Hall–Kier alpha value is -3.08. The van der Waals surface area contributed by atoms with Crippen molar-refractivity contribution in [3.05, 3.63) is 81.5 Å². The first kappa shape index (κ1) is 14.5. The molecule has 1 heterocycles. The lowest BCUT2D eigenvalue weighted by Crippen LogP contribution is -2.15. The highest BCUT2D eigenvalue weighted by Gasteiger charge is 2.20. The lowest BCUT2D eigenvalue weighted by atomic mass is 9.98. The van der Waals surface area contributed by atoms with E-state index < -0.39 is 0 Å². The van der Waals surface area contributed by atoms with Crippen LogP contribution in [0.15, 0.2) is 54.6 Å². The van der Waals surface area contributed by atoms with Crippen LogP contribution in [0.1, 0.15) is 23.2 Å². The number of hydrogen-bond acceptors (Lipinski definition) is 3. The maximum atomic E-state index is 11.0. The molecule has 0 atom stereocenters. The minimum atomic E-state index is -0.341. The third-order valence-corrected chi connectivity index (χ3v) is 4.44. The van der Waals surface area contributed by atoms with Crippen LogP contribution in [0, 0.1) is 10.1 Å². The molecule has 0 radical (unpaired) electrons. The van der Waals surface area contributed by atoms with E-state index in [9.17, 15) is 10.1 Å². The minimum Gasteiger partial charge on any atom is -0.380 e. The molecule has 1 aromatic heterocycles. The molecule has 0 saturated heterocycles. The SMILES string of the molecule is O=[N+]([O-])c1ccc2[nH]c3c(c2c1)CCC=C3NCc1ccccc1. The predicted molar refractivity (Wildman–Crippen MR) is 94.5 cm³/mol. The molecular formula is C19H17N3O2. The van der Waals surface area contributed by atoms with Crippen molar-refractivity contribution in [2.45, 2.75) is 19.4 Å². The molecule has 5 heteroatoms. The van der Waals surface area contributed by atoms with Gasteiger partial charge in [0.2, 0.25) is 0 Å². The molecule has 120 valence electrons. The molecule has 0 fully saturated rings. The Labute approximate surface area is 139 Å². The minimum absolute atomic E-state index is 0.137. The van der Waals surface area contributed by atoms with Crippen molar-refractivity contribution in [3.63, 3.8) is 0 Å². The number of nitro benzene ring substituents is 1. The summed E-state index contributed by atoms with van der Waals surface area (Å²) < 4.78 is 0. The molecule has 24 heavy (non-hydrogen) atoms. The number of allylic oxidation sites excluding steroid dienone is 1. The standard InChI is InChI=1S/C19H17N3O2/c23-22(24)14-9-10-17-16(11-14)15-7-4-8-18(19(15)21-17)20-12-13-5-2-1-3-6-13/h1-3,5-6,8-11,20-21H,4,7,12H2. The van der Waals surface area contributed by atoms with Gasteiger partial charge in [0, 0.05) is 29.6 Å². The number of aryl methyl sites for hydroxylation is 1. The molecule has 2 aromatic carbocycles. The molecule has 2 N–H and O–H groups in total. The van der Waals surface area contributed by atoms with Crippen LogP contribution in [-0.2, 0) is 13.0 Å². The van der Waals surface area contributed by atoms with Gasteiger partial charge in [-0.15, -0.1) is 0 Å². The summed E-state index contributed by atoms with van der Waals surface area (Å²) in [5.41, 5.74) is 5.58. The highest BCUT2D eigenvalue weighted by Crippen LogP contribution is 2.33. The topological polar surface area (TPSA) is 71.0 Å². The zero-order chi connectivity index (χ0) is 16.5. The van der Waals surface area contributed by atoms with Gasteiger partial charge in [0.15, 0.2) is 0 Å². The van der Waals surface area contributed by atoms with Gasteiger partial charge in [-0.1, -0.05) is 36.4 Å². The van der Waals surface area contributed by atoms with E-state index in [4.69, 9.17) is 0 Å². The van der Waals surface area contributed by atoms with Crippen LogP contribution >= 0.6 is 0 Å². The number of benzene rings is 2. The number of non-ortho nitro benzene ring substituents is 1. The molecule has 4 rings (SSSR count). The third kappa shape index (κ3) is 2.54. The fraction of sp³-hybridized carbons (Fsp3) is 0.158. The van der Waals surface area contributed by atoms with E-state index in [1.807, 2.05) is 18.2 Å². The summed E-state index contributed by atoms with van der Waals surface area (Å²) in [6.45, 7) is 0.752. The lowest BCUT2D eigenvalue weighted by Gasteiger charge is -2.16. The summed E-state index contributed by atoms with van der Waals surface area (Å²) in [6, 6.07) is 15.2. The highest BCUT2D eigenvalue weighted by atomic mass is 16.6. The van der Waals surface area contributed by atoms with E-state index in [1.54, 1.807) is 18.2 Å². The average molecular weight is 319 g/mol. The fourth-order valence-corrected chi connectivity index (χ4v) is 3.26. The zero-order valence-corrected chi connectivity index (χ0v) is 13.1. The van der Waals surface area contributed by atoms with Crippen molar-refractivity contribution in [2.24, 2.45) is 0 Å². The molecular weight excluding hydrogens is 302 g/mol. The van der Waals surface area contributed by atoms with Gasteiger partial charge in [-0.2, -0.15) is 0 Å². The third-order valence-electron chi connectivity index (χ3n) is 4.44. The second kappa shape index (κ2) is 5.85. The normalized spacial score (nSPS) is 13.4. The van der Waals surface area contributed by atoms with E-state index in [0.29, 0.717) is 0 Å². The molecule has 0 aliphatic heterocycles. The molecule has 0 saturated carbocycles. The smallest absolute Gasteiger partial charge is 0.270 e. The van der Waals surface area contributed by atoms with Crippen LogP contribution in [0.3, 0.4) is 0 Å². The van der Waals surface area contributed by atoms with Crippen LogP contribution in [0.2, 0.25) is 0 Å². The summed E-state index contributed by atoms with van der Waals surface area (Å²) in [6.07, 6.45) is 4.02. The van der Waals surface area contributed by atoms with Crippen LogP contribution in [0.5, 0.6) is 0 Å². The molecule has 3 aromatic rings. The van der Waals surface area contributed by atoms with E-state index >= 15 is 0 Å². The number of nitro groups is 1. The van der Waals surface area contributed by atoms with Crippen molar-refractivity contribution >= 4 is 22.3 Å². The van der Waals surface area contributed by atoms with E-state index in [0.717, 1.165) is 47.2 Å². The summed E-state index contributed by atoms with van der Waals surface area (Å²) in [7, 11) is 0. The zero-order valence-electron chi connectivity index (χ0n) is 13.1. The maximum absolute atomic E-state index is 11.0. The van der Waals surface area contributed by atoms with Gasteiger partial charge in [0.25, 0.3) is 5.69 Å². The van der Waals surface area contributed by atoms with Crippen molar-refractivity contribution < 1.29 is 4.92 Å². The van der Waals surface area contributed by atoms with Crippen LogP contribution in [-0.4, -0.2) is 9.91 Å². The number of rotatable bonds is 4. The van der Waals surface area contributed by atoms with E-state index in [1.165, 1.54) is 5.56 Å². The number of nitrogens with one attached hydrogen (secondary N) is 2. The van der Waals surface area contributed by atoms with E-state index in [-0.39, 0.29) is 10.6 Å². The van der Waals surface area contributed by atoms with Crippen molar-refractivity contribution in [2.75, 3.05) is 0 Å². The molecule has 0 amide bonds. The number of H-pyrrole nitrogens is 1. The second-order valence-corrected chi connectivity index (χ2v) is 5.96. The summed E-state index contributed by atoms with van der Waals surface area (Å²) in [5.74, 6) is 0. The van der Waals surface area contributed by atoms with Gasteiger partial charge in [0.05, 0.1) is 16.3 Å².